The first kappa shape index (κ1) is 14.0. The smallest absolute Gasteiger partial charge is 0.268 e. The Morgan fingerprint density at radius 2 is 2.00 bits per heavy atom. The van der Waals surface area contributed by atoms with E-state index in [4.69, 9.17) is 0 Å². The van der Waals surface area contributed by atoms with Crippen LogP contribution in [0.2, 0.25) is 0 Å². The van der Waals surface area contributed by atoms with Crippen molar-refractivity contribution in [3.8, 4) is 0 Å². The van der Waals surface area contributed by atoms with Crippen molar-refractivity contribution in [3.63, 3.8) is 0 Å². The molecule has 0 N–H and O–H groups in total. The summed E-state index contributed by atoms with van der Waals surface area (Å²) >= 11 is 0. The first-order valence-corrected chi connectivity index (χ1v) is 8.42. The minimum atomic E-state index is -3.46. The zero-order valence-electron chi connectivity index (χ0n) is 12.0. The van der Waals surface area contributed by atoms with E-state index in [-0.39, 0.29) is 12.3 Å². The number of hydrogen-bond acceptors (Lipinski definition) is 4. The van der Waals surface area contributed by atoms with E-state index in [0.717, 1.165) is 20.8 Å². The van der Waals surface area contributed by atoms with Gasteiger partial charge in [-0.15, -0.1) is 0 Å². The minimum Gasteiger partial charge on any atom is -0.268 e. The molecular weight excluding hydrogens is 288 g/mol. The van der Waals surface area contributed by atoms with Gasteiger partial charge < -0.3 is 0 Å². The maximum absolute atomic E-state index is 12.5. The van der Waals surface area contributed by atoms with Gasteiger partial charge in [-0.3, -0.25) is 9.78 Å². The number of aryl methyl sites for hydroxylation is 2. The van der Waals surface area contributed by atoms with Gasteiger partial charge >= 0.3 is 0 Å². The zero-order valence-corrected chi connectivity index (χ0v) is 12.8. The summed E-state index contributed by atoms with van der Waals surface area (Å²) in [6.45, 7) is 3.95. The molecule has 1 fully saturated rings. The van der Waals surface area contributed by atoms with Crippen LogP contribution in [0.15, 0.2) is 24.3 Å². The predicted molar refractivity (Wildman–Crippen MR) is 80.7 cm³/mol. The lowest BCUT2D eigenvalue weighted by Crippen LogP contribution is -2.33. The van der Waals surface area contributed by atoms with Crippen LogP contribution in [0, 0.1) is 13.8 Å². The average Bonchev–Trinajstić information content (AvgIpc) is 2.77. The Morgan fingerprint density at radius 3 is 2.67 bits per heavy atom. The van der Waals surface area contributed by atoms with Crippen LogP contribution in [0.3, 0.4) is 0 Å². The van der Waals surface area contributed by atoms with Crippen LogP contribution in [-0.2, 0) is 10.0 Å². The molecule has 21 heavy (non-hydrogen) atoms. The second-order valence-corrected chi connectivity index (χ2v) is 7.38. The van der Waals surface area contributed by atoms with E-state index in [1.165, 1.54) is 0 Å². The second kappa shape index (κ2) is 4.80. The highest BCUT2D eigenvalue weighted by molar-refractivity contribution is 7.89. The predicted octanol–water partition coefficient (Wildman–Crippen LogP) is 2.03. The molecule has 1 amide bonds. The zero-order chi connectivity index (χ0) is 15.2. The van der Waals surface area contributed by atoms with Crippen LogP contribution < -0.4 is 0 Å². The Morgan fingerprint density at radius 1 is 1.24 bits per heavy atom. The van der Waals surface area contributed by atoms with Crippen LogP contribution in [0.4, 0.5) is 0 Å². The summed E-state index contributed by atoms with van der Waals surface area (Å²) in [7, 11) is -3.46. The molecular formula is C15H16N2O3S. The fraction of sp³-hybridized carbons (Fsp3) is 0.333. The van der Waals surface area contributed by atoms with Crippen molar-refractivity contribution in [1.82, 2.24) is 9.29 Å². The Kier molecular flexibility index (Phi) is 3.20. The SMILES string of the molecule is Cc1ccc2nc(C)c(C(=O)N3CCCS3(=O)=O)cc2c1. The molecule has 3 rings (SSSR count). The number of fused-ring (bicyclic) bond motifs is 1. The van der Waals surface area contributed by atoms with Gasteiger partial charge in [-0.1, -0.05) is 11.6 Å². The van der Waals surface area contributed by atoms with E-state index < -0.39 is 15.9 Å². The molecule has 0 radical (unpaired) electrons. The molecule has 2 heterocycles. The number of hydrogen-bond donors (Lipinski definition) is 0. The molecule has 0 spiro atoms. The lowest BCUT2D eigenvalue weighted by Gasteiger charge is -2.16. The maximum atomic E-state index is 12.5. The normalized spacial score (nSPS) is 17.3. The number of amides is 1. The maximum Gasteiger partial charge on any atom is 0.269 e. The van der Waals surface area contributed by atoms with Gasteiger partial charge in [0.15, 0.2) is 0 Å². The number of rotatable bonds is 1. The van der Waals surface area contributed by atoms with Gasteiger partial charge in [-0.05, 0) is 38.5 Å². The fourth-order valence-corrected chi connectivity index (χ4v) is 4.08. The number of aromatic nitrogens is 1. The molecule has 0 unspecified atom stereocenters. The van der Waals surface area contributed by atoms with Gasteiger partial charge in [0.25, 0.3) is 5.91 Å². The monoisotopic (exact) mass is 304 g/mol. The molecule has 110 valence electrons. The first-order valence-electron chi connectivity index (χ1n) is 6.81. The quantitative estimate of drug-likeness (QED) is 0.808. The second-order valence-electron chi connectivity index (χ2n) is 5.36. The van der Waals surface area contributed by atoms with Crippen LogP contribution in [0.5, 0.6) is 0 Å². The summed E-state index contributed by atoms with van der Waals surface area (Å²) in [6.07, 6.45) is 0.493. The van der Waals surface area contributed by atoms with Crippen molar-refractivity contribution in [2.45, 2.75) is 20.3 Å². The molecule has 0 saturated carbocycles. The molecule has 6 heteroatoms. The summed E-state index contributed by atoms with van der Waals surface area (Å²) in [6, 6.07) is 7.54. The summed E-state index contributed by atoms with van der Waals surface area (Å²) in [4.78, 5) is 16.9. The fourth-order valence-electron chi connectivity index (χ4n) is 2.61. The van der Waals surface area contributed by atoms with E-state index in [1.54, 1.807) is 13.0 Å². The largest absolute Gasteiger partial charge is 0.269 e. The number of carbonyl (C=O) groups excluding carboxylic acids is 1. The highest BCUT2D eigenvalue weighted by Gasteiger charge is 2.34. The molecule has 1 saturated heterocycles. The van der Waals surface area contributed by atoms with Gasteiger partial charge in [-0.2, -0.15) is 0 Å². The number of nitrogens with zero attached hydrogens (tertiary/aromatic N) is 2. The van der Waals surface area contributed by atoms with Gasteiger partial charge in [0.05, 0.1) is 22.5 Å². The van der Waals surface area contributed by atoms with Crippen molar-refractivity contribution in [1.29, 1.82) is 0 Å². The van der Waals surface area contributed by atoms with Crippen LogP contribution >= 0.6 is 0 Å². The lowest BCUT2D eigenvalue weighted by molar-refractivity contribution is 0.0869. The highest BCUT2D eigenvalue weighted by atomic mass is 32.2. The van der Waals surface area contributed by atoms with E-state index in [2.05, 4.69) is 4.98 Å². The van der Waals surface area contributed by atoms with Gasteiger partial charge in [-0.25, -0.2) is 12.7 Å². The Balaban J connectivity index is 2.11. The van der Waals surface area contributed by atoms with Crippen molar-refractivity contribution in [3.05, 3.63) is 41.1 Å². The van der Waals surface area contributed by atoms with Gasteiger partial charge in [0.1, 0.15) is 0 Å². The third kappa shape index (κ3) is 2.40. The number of sulfonamides is 1. The van der Waals surface area contributed by atoms with Crippen LogP contribution in [-0.4, -0.2) is 35.9 Å². The van der Waals surface area contributed by atoms with E-state index in [9.17, 15) is 13.2 Å². The standard InChI is InChI=1S/C15H16N2O3S/c1-10-4-5-14-12(8-10)9-13(11(2)16-14)15(18)17-6-3-7-21(17,19)20/h4-5,8-9H,3,6-7H2,1-2H3. The Hall–Kier alpha value is -1.95. The number of benzene rings is 1. The van der Waals surface area contributed by atoms with Crippen molar-refractivity contribution >= 4 is 26.8 Å². The summed E-state index contributed by atoms with van der Waals surface area (Å²) in [5, 5.41) is 0.848. The third-order valence-corrected chi connectivity index (χ3v) is 5.54. The van der Waals surface area contributed by atoms with Gasteiger partial charge in [0, 0.05) is 11.9 Å². The molecule has 5 nitrogen and oxygen atoms in total. The minimum absolute atomic E-state index is 0.0396. The molecule has 0 aliphatic carbocycles. The van der Waals surface area contributed by atoms with Crippen LogP contribution in [0.25, 0.3) is 10.9 Å². The Labute approximate surface area is 123 Å². The van der Waals surface area contributed by atoms with Crippen molar-refractivity contribution in [2.24, 2.45) is 0 Å². The van der Waals surface area contributed by atoms with Crippen molar-refractivity contribution < 1.29 is 13.2 Å². The Bertz CT molecular complexity index is 843. The molecule has 1 aromatic heterocycles. The lowest BCUT2D eigenvalue weighted by atomic mass is 10.1. The van der Waals surface area contributed by atoms with E-state index >= 15 is 0 Å². The van der Waals surface area contributed by atoms with E-state index in [1.807, 2.05) is 25.1 Å². The molecule has 2 aromatic rings. The highest BCUT2D eigenvalue weighted by Crippen LogP contribution is 2.22. The summed E-state index contributed by atoms with van der Waals surface area (Å²) in [5.41, 5.74) is 2.79. The molecule has 1 aliphatic heterocycles. The molecule has 1 aromatic carbocycles. The summed E-state index contributed by atoms with van der Waals surface area (Å²) in [5.74, 6) is -0.432. The van der Waals surface area contributed by atoms with Crippen LogP contribution in [0.1, 0.15) is 28.0 Å². The first-order chi connectivity index (χ1) is 9.88. The van der Waals surface area contributed by atoms with E-state index in [0.29, 0.717) is 17.7 Å². The molecule has 0 atom stereocenters. The topological polar surface area (TPSA) is 67.3 Å². The van der Waals surface area contributed by atoms with Gasteiger partial charge in [0.2, 0.25) is 10.0 Å². The third-order valence-electron chi connectivity index (χ3n) is 3.72. The molecule has 1 aliphatic rings. The van der Waals surface area contributed by atoms with Crippen molar-refractivity contribution in [2.75, 3.05) is 12.3 Å². The molecule has 0 bridgehead atoms. The number of carbonyl (C=O) groups is 1. The number of pyridine rings is 1. The summed E-state index contributed by atoms with van der Waals surface area (Å²) < 4.78 is 24.8. The average molecular weight is 304 g/mol.